The standard InChI is InChI=1S/C4H13NO3Si.C4H13NO2Si/c1-6-9(4-5,7-2)8-3;1-6-8(3,4-5)7-2/h4-5H2,1-3H3;4-5H2,1-3H3. The molecule has 17 heavy (non-hydrogen) atoms. The van der Waals surface area contributed by atoms with Crippen molar-refractivity contribution in [2.75, 3.05) is 47.9 Å². The van der Waals surface area contributed by atoms with Crippen molar-refractivity contribution in [3.8, 4) is 0 Å². The third-order valence-corrected chi connectivity index (χ3v) is 7.25. The first-order chi connectivity index (χ1) is 7.92. The summed E-state index contributed by atoms with van der Waals surface area (Å²) in [5.41, 5.74) is 10.7. The molecule has 0 unspecified atom stereocenters. The smallest absolute Gasteiger partial charge is 0.397 e. The zero-order chi connectivity index (χ0) is 13.9. The summed E-state index contributed by atoms with van der Waals surface area (Å²) in [6, 6.07) is 0. The minimum Gasteiger partial charge on any atom is -0.397 e. The Morgan fingerprint density at radius 2 is 1.06 bits per heavy atom. The van der Waals surface area contributed by atoms with E-state index in [1.807, 2.05) is 6.55 Å². The van der Waals surface area contributed by atoms with Gasteiger partial charge in [-0.1, -0.05) is 0 Å². The largest absolute Gasteiger partial charge is 0.514 e. The van der Waals surface area contributed by atoms with Crippen LogP contribution in [0.3, 0.4) is 0 Å². The van der Waals surface area contributed by atoms with Crippen LogP contribution in [0.4, 0.5) is 0 Å². The normalized spacial score (nSPS) is 12.0. The predicted octanol–water partition coefficient (Wildman–Crippen LogP) is -0.788. The summed E-state index contributed by atoms with van der Waals surface area (Å²) < 4.78 is 24.9. The third-order valence-electron chi connectivity index (χ3n) is 2.42. The molecule has 0 fully saturated rings. The van der Waals surface area contributed by atoms with Crippen LogP contribution in [0, 0.1) is 0 Å². The van der Waals surface area contributed by atoms with Gasteiger partial charge in [-0.05, 0) is 6.55 Å². The molecule has 0 amide bonds. The van der Waals surface area contributed by atoms with Gasteiger partial charge in [-0.2, -0.15) is 0 Å². The molecule has 0 saturated carbocycles. The first-order valence-corrected chi connectivity index (χ1v) is 9.54. The van der Waals surface area contributed by atoms with Crippen molar-refractivity contribution in [2.45, 2.75) is 6.55 Å². The van der Waals surface area contributed by atoms with Crippen molar-refractivity contribution >= 4 is 17.4 Å². The summed E-state index contributed by atoms with van der Waals surface area (Å²) >= 11 is 0. The van der Waals surface area contributed by atoms with Crippen molar-refractivity contribution in [2.24, 2.45) is 11.5 Å². The quantitative estimate of drug-likeness (QED) is 0.592. The molecular weight excluding hydrogens is 260 g/mol. The highest BCUT2D eigenvalue weighted by atomic mass is 28.4. The first-order valence-electron chi connectivity index (χ1n) is 5.09. The Morgan fingerprint density at radius 3 is 1.06 bits per heavy atom. The molecule has 0 saturated heterocycles. The molecule has 0 atom stereocenters. The molecule has 0 heterocycles. The molecule has 0 aliphatic carbocycles. The molecule has 0 rings (SSSR count). The van der Waals surface area contributed by atoms with Gasteiger partial charge in [0.15, 0.2) is 0 Å². The molecule has 0 bridgehead atoms. The fraction of sp³-hybridized carbons (Fsp3) is 1.00. The maximum atomic E-state index is 5.34. The summed E-state index contributed by atoms with van der Waals surface area (Å²) in [5.74, 6) is 0. The van der Waals surface area contributed by atoms with Crippen LogP contribution in [-0.2, 0) is 22.1 Å². The monoisotopic (exact) mass is 286 g/mol. The third kappa shape index (κ3) is 7.23. The van der Waals surface area contributed by atoms with Crippen molar-refractivity contribution < 1.29 is 22.1 Å². The van der Waals surface area contributed by atoms with Crippen molar-refractivity contribution in [3.63, 3.8) is 0 Å². The van der Waals surface area contributed by atoms with Crippen LogP contribution in [0.2, 0.25) is 6.55 Å². The van der Waals surface area contributed by atoms with Gasteiger partial charge in [0.05, 0.1) is 6.17 Å². The molecule has 0 aromatic carbocycles. The molecule has 4 N–H and O–H groups in total. The molecule has 0 aromatic heterocycles. The predicted molar refractivity (Wildman–Crippen MR) is 70.5 cm³/mol. The second kappa shape index (κ2) is 10.1. The Hall–Kier alpha value is 0.154. The molecule has 9 heteroatoms. The van der Waals surface area contributed by atoms with E-state index in [0.717, 1.165) is 0 Å². The zero-order valence-corrected chi connectivity index (χ0v) is 13.6. The SMILES string of the molecule is CO[Si](C)(CN)OC.CO[Si](CN)(OC)OC. The van der Waals surface area contributed by atoms with Crippen molar-refractivity contribution in [1.82, 2.24) is 0 Å². The van der Waals surface area contributed by atoms with E-state index in [1.165, 1.54) is 21.3 Å². The molecule has 106 valence electrons. The van der Waals surface area contributed by atoms with E-state index in [0.29, 0.717) is 12.3 Å². The Labute approximate surface area is 106 Å². The minimum absolute atomic E-state index is 0.316. The number of hydrogen-bond acceptors (Lipinski definition) is 7. The van der Waals surface area contributed by atoms with Crippen molar-refractivity contribution in [1.29, 1.82) is 0 Å². The zero-order valence-electron chi connectivity index (χ0n) is 11.6. The summed E-state index contributed by atoms with van der Waals surface area (Å²) in [6.45, 7) is 1.92. The summed E-state index contributed by atoms with van der Waals surface area (Å²) in [6.07, 6.45) is 0.830. The second-order valence-corrected chi connectivity index (χ2v) is 9.74. The minimum atomic E-state index is -2.41. The van der Waals surface area contributed by atoms with E-state index < -0.39 is 17.4 Å². The second-order valence-electron chi connectivity index (χ2n) is 3.25. The van der Waals surface area contributed by atoms with Gasteiger partial charge >= 0.3 is 17.4 Å². The fourth-order valence-electron chi connectivity index (χ4n) is 0.750. The van der Waals surface area contributed by atoms with E-state index in [9.17, 15) is 0 Å². The van der Waals surface area contributed by atoms with E-state index in [-0.39, 0.29) is 0 Å². The van der Waals surface area contributed by atoms with Gasteiger partial charge in [0, 0.05) is 41.7 Å². The molecular formula is C8H26N2O5Si2. The van der Waals surface area contributed by atoms with E-state index in [4.69, 9.17) is 33.6 Å². The number of nitrogens with two attached hydrogens (primary N) is 2. The average Bonchev–Trinajstić information content (AvgIpc) is 2.42. The highest BCUT2D eigenvalue weighted by Gasteiger charge is 2.35. The average molecular weight is 286 g/mol. The Bertz CT molecular complexity index is 154. The highest BCUT2D eigenvalue weighted by Crippen LogP contribution is 2.01. The summed E-state index contributed by atoms with van der Waals surface area (Å²) in [7, 11) is 3.55. The summed E-state index contributed by atoms with van der Waals surface area (Å²) in [5, 5.41) is 0. The maximum absolute atomic E-state index is 5.34. The number of rotatable bonds is 7. The van der Waals surface area contributed by atoms with Gasteiger partial charge in [0.2, 0.25) is 0 Å². The van der Waals surface area contributed by atoms with Gasteiger partial charge < -0.3 is 33.6 Å². The van der Waals surface area contributed by atoms with Gasteiger partial charge in [0.1, 0.15) is 0 Å². The van der Waals surface area contributed by atoms with Crippen LogP contribution in [0.15, 0.2) is 0 Å². The Kier molecular flexibility index (Phi) is 11.6. The maximum Gasteiger partial charge on any atom is 0.514 e. The molecule has 0 aromatic rings. The Morgan fingerprint density at radius 1 is 0.706 bits per heavy atom. The lowest BCUT2D eigenvalue weighted by Gasteiger charge is -2.21. The van der Waals surface area contributed by atoms with Gasteiger partial charge in [-0.15, -0.1) is 0 Å². The van der Waals surface area contributed by atoms with Crippen LogP contribution in [0.1, 0.15) is 0 Å². The van der Waals surface area contributed by atoms with E-state index >= 15 is 0 Å². The molecule has 0 aliphatic heterocycles. The lowest BCUT2D eigenvalue weighted by molar-refractivity contribution is 0.125. The van der Waals surface area contributed by atoms with Crippen LogP contribution >= 0.6 is 0 Å². The van der Waals surface area contributed by atoms with Gasteiger partial charge in [0.25, 0.3) is 0 Å². The van der Waals surface area contributed by atoms with Crippen LogP contribution in [0.25, 0.3) is 0 Å². The molecule has 7 nitrogen and oxygen atoms in total. The van der Waals surface area contributed by atoms with Gasteiger partial charge in [-0.3, -0.25) is 0 Å². The summed E-state index contributed by atoms with van der Waals surface area (Å²) in [4.78, 5) is 0. The lowest BCUT2D eigenvalue weighted by Crippen LogP contribution is -2.50. The van der Waals surface area contributed by atoms with Crippen LogP contribution < -0.4 is 11.5 Å². The van der Waals surface area contributed by atoms with Gasteiger partial charge in [-0.25, -0.2) is 0 Å². The molecule has 0 aliphatic rings. The lowest BCUT2D eigenvalue weighted by atomic mass is 11.5. The molecule has 0 spiro atoms. The number of hydrogen-bond donors (Lipinski definition) is 2. The van der Waals surface area contributed by atoms with Crippen LogP contribution in [0.5, 0.6) is 0 Å². The van der Waals surface area contributed by atoms with E-state index in [1.54, 1.807) is 14.2 Å². The van der Waals surface area contributed by atoms with Crippen molar-refractivity contribution in [3.05, 3.63) is 0 Å². The van der Waals surface area contributed by atoms with Crippen LogP contribution in [-0.4, -0.2) is 65.3 Å². The fourth-order valence-corrected chi connectivity index (χ4v) is 2.25. The first kappa shape index (κ1) is 19.5. The Balaban J connectivity index is 0. The van der Waals surface area contributed by atoms with E-state index in [2.05, 4.69) is 0 Å². The highest BCUT2D eigenvalue weighted by molar-refractivity contribution is 6.66. The topological polar surface area (TPSA) is 98.2 Å². The molecule has 0 radical (unpaired) electrons.